The van der Waals surface area contributed by atoms with E-state index in [0.29, 0.717) is 19.7 Å². The fraction of sp³-hybridized carbons (Fsp3) is 0.529. The van der Waals surface area contributed by atoms with Crippen molar-refractivity contribution < 1.29 is 14.3 Å². The summed E-state index contributed by atoms with van der Waals surface area (Å²) in [4.78, 5) is 26.4. The Balaban J connectivity index is 1.92. The van der Waals surface area contributed by atoms with Gasteiger partial charge in [0.1, 0.15) is 0 Å². The highest BCUT2D eigenvalue weighted by Gasteiger charge is 2.32. The number of carbonyl (C=O) groups is 2. The Morgan fingerprint density at radius 1 is 1.26 bits per heavy atom. The SMILES string of the molecule is COCCNC(=O)[C@H]1CC[C@H](C)N(C(=O)Nc2ccccc2)C1. The molecule has 0 aliphatic carbocycles. The lowest BCUT2D eigenvalue weighted by Crippen LogP contribution is -2.51. The van der Waals surface area contributed by atoms with Crippen LogP contribution in [0.1, 0.15) is 19.8 Å². The zero-order chi connectivity index (χ0) is 16.7. The molecule has 126 valence electrons. The van der Waals surface area contributed by atoms with Crippen molar-refractivity contribution in [3.05, 3.63) is 30.3 Å². The normalized spacial score (nSPS) is 20.9. The van der Waals surface area contributed by atoms with Crippen LogP contribution in [0.4, 0.5) is 10.5 Å². The summed E-state index contributed by atoms with van der Waals surface area (Å²) in [6, 6.07) is 9.32. The van der Waals surface area contributed by atoms with Crippen LogP contribution in [-0.2, 0) is 9.53 Å². The van der Waals surface area contributed by atoms with Crippen LogP contribution in [0, 0.1) is 5.92 Å². The van der Waals surface area contributed by atoms with E-state index in [1.807, 2.05) is 37.3 Å². The predicted molar refractivity (Wildman–Crippen MR) is 89.2 cm³/mol. The van der Waals surface area contributed by atoms with E-state index in [-0.39, 0.29) is 23.9 Å². The van der Waals surface area contributed by atoms with Crippen molar-refractivity contribution in [3.63, 3.8) is 0 Å². The van der Waals surface area contributed by atoms with Crippen LogP contribution in [0.2, 0.25) is 0 Å². The van der Waals surface area contributed by atoms with Crippen LogP contribution in [0.5, 0.6) is 0 Å². The fourth-order valence-electron chi connectivity index (χ4n) is 2.74. The number of likely N-dealkylation sites (tertiary alicyclic amines) is 1. The first-order chi connectivity index (χ1) is 11.1. The Kier molecular flexibility index (Phi) is 6.40. The second-order valence-corrected chi connectivity index (χ2v) is 5.86. The third kappa shape index (κ3) is 4.96. The van der Waals surface area contributed by atoms with E-state index in [0.717, 1.165) is 18.5 Å². The zero-order valence-electron chi connectivity index (χ0n) is 13.7. The van der Waals surface area contributed by atoms with Crippen molar-refractivity contribution in [2.75, 3.05) is 32.1 Å². The molecule has 2 atom stereocenters. The number of piperidine rings is 1. The maximum atomic E-state index is 12.5. The van der Waals surface area contributed by atoms with Gasteiger partial charge in [-0.1, -0.05) is 18.2 Å². The number of urea groups is 1. The minimum atomic E-state index is -0.162. The zero-order valence-corrected chi connectivity index (χ0v) is 13.7. The van der Waals surface area contributed by atoms with Crippen molar-refractivity contribution in [1.82, 2.24) is 10.2 Å². The molecule has 0 bridgehead atoms. The highest BCUT2D eigenvalue weighted by molar-refractivity contribution is 5.90. The molecule has 1 aliphatic heterocycles. The van der Waals surface area contributed by atoms with Crippen LogP contribution in [-0.4, -0.2) is 49.7 Å². The molecule has 0 spiro atoms. The molecule has 0 unspecified atom stereocenters. The number of benzene rings is 1. The average Bonchev–Trinajstić information content (AvgIpc) is 2.56. The van der Waals surface area contributed by atoms with E-state index < -0.39 is 0 Å². The van der Waals surface area contributed by atoms with Crippen LogP contribution in [0.25, 0.3) is 0 Å². The van der Waals surface area contributed by atoms with Gasteiger partial charge in [-0.3, -0.25) is 4.79 Å². The van der Waals surface area contributed by atoms with Crippen LogP contribution in [0.3, 0.4) is 0 Å². The Morgan fingerprint density at radius 3 is 2.70 bits per heavy atom. The molecule has 6 heteroatoms. The first-order valence-electron chi connectivity index (χ1n) is 8.01. The minimum absolute atomic E-state index is 0.00791. The molecule has 1 heterocycles. The van der Waals surface area contributed by atoms with Crippen molar-refractivity contribution in [1.29, 1.82) is 0 Å². The van der Waals surface area contributed by atoms with Gasteiger partial charge in [-0.05, 0) is 31.9 Å². The number of para-hydroxylation sites is 1. The summed E-state index contributed by atoms with van der Waals surface area (Å²) in [5.74, 6) is -0.170. The quantitative estimate of drug-likeness (QED) is 0.816. The highest BCUT2D eigenvalue weighted by atomic mass is 16.5. The molecular weight excluding hydrogens is 294 g/mol. The first-order valence-corrected chi connectivity index (χ1v) is 8.01. The summed E-state index contributed by atoms with van der Waals surface area (Å²) in [7, 11) is 1.60. The summed E-state index contributed by atoms with van der Waals surface area (Å²) >= 11 is 0. The van der Waals surface area contributed by atoms with Crippen LogP contribution < -0.4 is 10.6 Å². The van der Waals surface area contributed by atoms with Gasteiger partial charge in [0.2, 0.25) is 5.91 Å². The predicted octanol–water partition coefficient (Wildman–Crippen LogP) is 2.08. The Hall–Kier alpha value is -2.08. The van der Waals surface area contributed by atoms with Gasteiger partial charge in [-0.25, -0.2) is 4.79 Å². The lowest BCUT2D eigenvalue weighted by molar-refractivity contribution is -0.126. The minimum Gasteiger partial charge on any atom is -0.383 e. The fourth-order valence-corrected chi connectivity index (χ4v) is 2.74. The maximum absolute atomic E-state index is 12.5. The first kappa shape index (κ1) is 17.3. The Labute approximate surface area is 137 Å². The number of rotatable bonds is 5. The van der Waals surface area contributed by atoms with Gasteiger partial charge in [0.25, 0.3) is 0 Å². The van der Waals surface area contributed by atoms with Gasteiger partial charge >= 0.3 is 6.03 Å². The molecule has 1 aliphatic rings. The van der Waals surface area contributed by atoms with E-state index in [2.05, 4.69) is 10.6 Å². The van der Waals surface area contributed by atoms with E-state index in [4.69, 9.17) is 4.74 Å². The van der Waals surface area contributed by atoms with E-state index in [1.54, 1.807) is 12.0 Å². The Morgan fingerprint density at radius 2 is 2.00 bits per heavy atom. The third-order valence-electron chi connectivity index (χ3n) is 4.14. The number of anilines is 1. The van der Waals surface area contributed by atoms with E-state index >= 15 is 0 Å². The standard InChI is InChI=1S/C17H25N3O3/c1-13-8-9-14(16(21)18-10-11-23-2)12-20(13)17(22)19-15-6-4-3-5-7-15/h3-7,13-14H,8-12H2,1-2H3,(H,18,21)(H,19,22)/t13-,14-/m0/s1. The molecule has 2 N–H and O–H groups in total. The van der Waals surface area contributed by atoms with Crippen molar-refractivity contribution in [2.24, 2.45) is 5.92 Å². The molecule has 1 saturated heterocycles. The summed E-state index contributed by atoms with van der Waals surface area (Å²) in [6.45, 7) is 3.45. The molecule has 23 heavy (non-hydrogen) atoms. The molecule has 0 saturated carbocycles. The Bertz CT molecular complexity index is 521. The molecule has 0 radical (unpaired) electrons. The van der Waals surface area contributed by atoms with Gasteiger partial charge in [-0.2, -0.15) is 0 Å². The number of ether oxygens (including phenoxy) is 1. The molecule has 2 rings (SSSR count). The number of methoxy groups -OCH3 is 1. The van der Waals surface area contributed by atoms with Crippen molar-refractivity contribution in [2.45, 2.75) is 25.8 Å². The lowest BCUT2D eigenvalue weighted by Gasteiger charge is -2.37. The van der Waals surface area contributed by atoms with Gasteiger partial charge in [-0.15, -0.1) is 0 Å². The van der Waals surface area contributed by atoms with Gasteiger partial charge in [0, 0.05) is 31.9 Å². The maximum Gasteiger partial charge on any atom is 0.322 e. The smallest absolute Gasteiger partial charge is 0.322 e. The van der Waals surface area contributed by atoms with Crippen molar-refractivity contribution >= 4 is 17.6 Å². The van der Waals surface area contributed by atoms with Crippen LogP contribution in [0.15, 0.2) is 30.3 Å². The molecule has 1 aromatic rings. The molecule has 1 fully saturated rings. The van der Waals surface area contributed by atoms with Gasteiger partial charge in [0.15, 0.2) is 0 Å². The largest absolute Gasteiger partial charge is 0.383 e. The summed E-state index contributed by atoms with van der Waals surface area (Å²) in [6.07, 6.45) is 1.62. The van der Waals surface area contributed by atoms with Crippen LogP contribution >= 0.6 is 0 Å². The third-order valence-corrected chi connectivity index (χ3v) is 4.14. The summed E-state index contributed by atoms with van der Waals surface area (Å²) in [5.41, 5.74) is 0.761. The lowest BCUT2D eigenvalue weighted by atomic mass is 9.93. The average molecular weight is 319 g/mol. The van der Waals surface area contributed by atoms with E-state index in [9.17, 15) is 9.59 Å². The number of nitrogens with one attached hydrogen (secondary N) is 2. The number of amides is 3. The van der Waals surface area contributed by atoms with Crippen molar-refractivity contribution in [3.8, 4) is 0 Å². The number of hydrogen-bond acceptors (Lipinski definition) is 3. The number of hydrogen-bond donors (Lipinski definition) is 2. The second-order valence-electron chi connectivity index (χ2n) is 5.86. The van der Waals surface area contributed by atoms with Gasteiger partial charge < -0.3 is 20.3 Å². The summed E-state index contributed by atoms with van der Waals surface area (Å²) in [5, 5.41) is 5.74. The number of nitrogens with zero attached hydrogens (tertiary/aromatic N) is 1. The molecule has 6 nitrogen and oxygen atoms in total. The summed E-state index contributed by atoms with van der Waals surface area (Å²) < 4.78 is 4.93. The monoisotopic (exact) mass is 319 g/mol. The van der Waals surface area contributed by atoms with Gasteiger partial charge in [0.05, 0.1) is 12.5 Å². The molecular formula is C17H25N3O3. The molecule has 0 aromatic heterocycles. The number of carbonyl (C=O) groups excluding carboxylic acids is 2. The molecule has 3 amide bonds. The second kappa shape index (κ2) is 8.53. The molecule has 1 aromatic carbocycles. The highest BCUT2D eigenvalue weighted by Crippen LogP contribution is 2.23. The topological polar surface area (TPSA) is 70.7 Å². The van der Waals surface area contributed by atoms with E-state index in [1.165, 1.54) is 0 Å².